The molecule has 1 unspecified atom stereocenters. The normalized spacial score (nSPS) is 11.9. The quantitative estimate of drug-likeness (QED) is 0.728. The van der Waals surface area contributed by atoms with Gasteiger partial charge in [-0.1, -0.05) is 11.6 Å². The summed E-state index contributed by atoms with van der Waals surface area (Å²) in [5.41, 5.74) is 1.18. The predicted molar refractivity (Wildman–Crippen MR) is 57.0 cm³/mol. The SMILES string of the molecule is COc1cc(C#N)c(Cl)cc1C(C)Cl. The average molecular weight is 230 g/mol. The van der Waals surface area contributed by atoms with Gasteiger partial charge >= 0.3 is 0 Å². The maximum absolute atomic E-state index is 8.74. The van der Waals surface area contributed by atoms with Crippen LogP contribution in [0.4, 0.5) is 0 Å². The summed E-state index contributed by atoms with van der Waals surface area (Å²) in [5, 5.41) is 8.94. The number of nitrogens with zero attached hydrogens (tertiary/aromatic N) is 1. The zero-order chi connectivity index (χ0) is 10.7. The second-order valence-corrected chi connectivity index (χ2v) is 3.86. The van der Waals surface area contributed by atoms with Crippen molar-refractivity contribution in [3.05, 3.63) is 28.3 Å². The van der Waals surface area contributed by atoms with Crippen LogP contribution in [-0.4, -0.2) is 7.11 Å². The number of benzene rings is 1. The van der Waals surface area contributed by atoms with E-state index in [-0.39, 0.29) is 5.38 Å². The van der Waals surface area contributed by atoms with Crippen LogP contribution >= 0.6 is 23.2 Å². The van der Waals surface area contributed by atoms with Crippen molar-refractivity contribution in [1.29, 1.82) is 5.26 Å². The van der Waals surface area contributed by atoms with Gasteiger partial charge in [-0.2, -0.15) is 5.26 Å². The van der Waals surface area contributed by atoms with Gasteiger partial charge < -0.3 is 4.74 Å². The third-order valence-electron chi connectivity index (χ3n) is 1.87. The van der Waals surface area contributed by atoms with Gasteiger partial charge in [0.2, 0.25) is 0 Å². The van der Waals surface area contributed by atoms with Gasteiger partial charge in [-0.25, -0.2) is 0 Å². The molecule has 0 saturated heterocycles. The Morgan fingerprint density at radius 1 is 1.50 bits per heavy atom. The van der Waals surface area contributed by atoms with Gasteiger partial charge in [-0.15, -0.1) is 11.6 Å². The Balaban J connectivity index is 3.33. The Kier molecular flexibility index (Phi) is 3.62. The van der Waals surface area contributed by atoms with E-state index in [2.05, 4.69) is 0 Å². The van der Waals surface area contributed by atoms with Crippen molar-refractivity contribution >= 4 is 23.2 Å². The summed E-state index contributed by atoms with van der Waals surface area (Å²) in [4.78, 5) is 0. The number of ether oxygens (including phenoxy) is 1. The van der Waals surface area contributed by atoms with Gasteiger partial charge in [0.25, 0.3) is 0 Å². The van der Waals surface area contributed by atoms with Crippen LogP contribution in [0.1, 0.15) is 23.4 Å². The van der Waals surface area contributed by atoms with E-state index in [0.29, 0.717) is 16.3 Å². The van der Waals surface area contributed by atoms with Gasteiger partial charge in [0, 0.05) is 5.56 Å². The first-order valence-corrected chi connectivity index (χ1v) is 4.83. The number of methoxy groups -OCH3 is 1. The van der Waals surface area contributed by atoms with E-state index in [1.807, 2.05) is 13.0 Å². The third kappa shape index (κ3) is 2.12. The molecule has 1 aromatic rings. The van der Waals surface area contributed by atoms with Crippen LogP contribution < -0.4 is 4.74 Å². The second-order valence-electron chi connectivity index (χ2n) is 2.80. The van der Waals surface area contributed by atoms with E-state index >= 15 is 0 Å². The molecule has 0 fully saturated rings. The maximum atomic E-state index is 8.74. The Labute approximate surface area is 93.0 Å². The van der Waals surface area contributed by atoms with Crippen LogP contribution in [0.25, 0.3) is 0 Å². The van der Waals surface area contributed by atoms with Crippen LogP contribution in [0.5, 0.6) is 5.75 Å². The highest BCUT2D eigenvalue weighted by molar-refractivity contribution is 6.32. The lowest BCUT2D eigenvalue weighted by Crippen LogP contribution is -1.94. The molecule has 0 aromatic heterocycles. The number of nitriles is 1. The maximum Gasteiger partial charge on any atom is 0.124 e. The lowest BCUT2D eigenvalue weighted by atomic mass is 10.1. The van der Waals surface area contributed by atoms with E-state index in [4.69, 9.17) is 33.2 Å². The molecule has 74 valence electrons. The number of alkyl halides is 1. The van der Waals surface area contributed by atoms with Crippen molar-refractivity contribution in [2.75, 3.05) is 7.11 Å². The van der Waals surface area contributed by atoms with Crippen molar-refractivity contribution in [1.82, 2.24) is 0 Å². The number of hydrogen-bond donors (Lipinski definition) is 0. The van der Waals surface area contributed by atoms with Crippen LogP contribution in [0.3, 0.4) is 0 Å². The van der Waals surface area contributed by atoms with Crippen molar-refractivity contribution < 1.29 is 4.74 Å². The average Bonchev–Trinajstić information content (AvgIpc) is 2.17. The fraction of sp³-hybridized carbons (Fsp3) is 0.300. The molecule has 0 amide bonds. The minimum atomic E-state index is -0.199. The van der Waals surface area contributed by atoms with Crippen LogP contribution in [0, 0.1) is 11.3 Å². The summed E-state index contributed by atoms with van der Waals surface area (Å²) in [7, 11) is 1.53. The highest BCUT2D eigenvalue weighted by Gasteiger charge is 2.12. The minimum Gasteiger partial charge on any atom is -0.496 e. The van der Waals surface area contributed by atoms with Crippen molar-refractivity contribution in [2.24, 2.45) is 0 Å². The fourth-order valence-electron chi connectivity index (χ4n) is 1.14. The Morgan fingerprint density at radius 3 is 2.57 bits per heavy atom. The standard InChI is InChI=1S/C10H9Cl2NO/c1-6(11)8-4-9(12)7(5-13)3-10(8)14-2/h3-4,6H,1-2H3. The van der Waals surface area contributed by atoms with Gasteiger partial charge in [0.05, 0.1) is 23.1 Å². The van der Waals surface area contributed by atoms with E-state index in [1.54, 1.807) is 12.1 Å². The van der Waals surface area contributed by atoms with E-state index in [0.717, 1.165) is 5.56 Å². The van der Waals surface area contributed by atoms with E-state index < -0.39 is 0 Å². The molecule has 0 heterocycles. The molecule has 0 saturated carbocycles. The summed E-state index contributed by atoms with van der Waals surface area (Å²) in [5.74, 6) is 0.591. The highest BCUT2D eigenvalue weighted by Crippen LogP contribution is 2.33. The molecule has 1 aromatic carbocycles. The van der Waals surface area contributed by atoms with Crippen molar-refractivity contribution in [3.63, 3.8) is 0 Å². The highest BCUT2D eigenvalue weighted by atomic mass is 35.5. The number of rotatable bonds is 2. The monoisotopic (exact) mass is 229 g/mol. The van der Waals surface area contributed by atoms with Crippen LogP contribution in [-0.2, 0) is 0 Å². The Hall–Kier alpha value is -0.910. The predicted octanol–water partition coefficient (Wildman–Crippen LogP) is 3.52. The van der Waals surface area contributed by atoms with E-state index in [1.165, 1.54) is 7.11 Å². The summed E-state index contributed by atoms with van der Waals surface area (Å²) >= 11 is 11.8. The third-order valence-corrected chi connectivity index (χ3v) is 2.42. The molecule has 4 heteroatoms. The Morgan fingerprint density at radius 2 is 2.14 bits per heavy atom. The zero-order valence-corrected chi connectivity index (χ0v) is 9.36. The number of hydrogen-bond acceptors (Lipinski definition) is 2. The molecule has 0 spiro atoms. The molecule has 0 bridgehead atoms. The fourth-order valence-corrected chi connectivity index (χ4v) is 1.53. The molecule has 1 rings (SSSR count). The molecular formula is C10H9Cl2NO. The second kappa shape index (κ2) is 4.54. The molecular weight excluding hydrogens is 221 g/mol. The molecule has 14 heavy (non-hydrogen) atoms. The topological polar surface area (TPSA) is 33.0 Å². The molecule has 0 aliphatic rings. The van der Waals surface area contributed by atoms with Crippen LogP contribution in [0.2, 0.25) is 5.02 Å². The smallest absolute Gasteiger partial charge is 0.124 e. The van der Waals surface area contributed by atoms with Crippen LogP contribution in [0.15, 0.2) is 12.1 Å². The molecule has 2 nitrogen and oxygen atoms in total. The van der Waals surface area contributed by atoms with E-state index in [9.17, 15) is 0 Å². The summed E-state index contributed by atoms with van der Waals surface area (Å²) < 4.78 is 5.11. The summed E-state index contributed by atoms with van der Waals surface area (Å²) in [6.07, 6.45) is 0. The summed E-state index contributed by atoms with van der Waals surface area (Å²) in [6, 6.07) is 5.24. The Bertz CT molecular complexity index is 382. The molecule has 0 radical (unpaired) electrons. The minimum absolute atomic E-state index is 0.199. The molecule has 0 aliphatic carbocycles. The summed E-state index contributed by atoms with van der Waals surface area (Å²) in [6.45, 7) is 1.82. The molecule has 1 atom stereocenters. The zero-order valence-electron chi connectivity index (χ0n) is 7.84. The first-order valence-electron chi connectivity index (χ1n) is 4.01. The first kappa shape index (κ1) is 11.2. The van der Waals surface area contributed by atoms with Gasteiger partial charge in [0.1, 0.15) is 11.8 Å². The number of halogens is 2. The molecule has 0 aliphatic heterocycles. The van der Waals surface area contributed by atoms with Gasteiger partial charge in [-0.05, 0) is 19.1 Å². The largest absolute Gasteiger partial charge is 0.496 e. The van der Waals surface area contributed by atoms with Crippen molar-refractivity contribution in [3.8, 4) is 11.8 Å². The van der Waals surface area contributed by atoms with Gasteiger partial charge in [-0.3, -0.25) is 0 Å². The molecule has 0 N–H and O–H groups in total. The first-order chi connectivity index (χ1) is 6.60. The lowest BCUT2D eigenvalue weighted by Gasteiger charge is -2.11. The van der Waals surface area contributed by atoms with Gasteiger partial charge in [0.15, 0.2) is 0 Å². The van der Waals surface area contributed by atoms with Crippen molar-refractivity contribution in [2.45, 2.75) is 12.3 Å². The lowest BCUT2D eigenvalue weighted by molar-refractivity contribution is 0.409.